The van der Waals surface area contributed by atoms with Crippen LogP contribution in [0.4, 0.5) is 0 Å². The third kappa shape index (κ3) is 2.10. The SMILES string of the molecule is COC1(c2nc(Cl)c3c4c(sc3n2)CCC4)CCOCC1. The monoisotopic (exact) mass is 324 g/mol. The van der Waals surface area contributed by atoms with Crippen LogP contribution in [0.2, 0.25) is 5.15 Å². The molecule has 21 heavy (non-hydrogen) atoms. The average molecular weight is 325 g/mol. The van der Waals surface area contributed by atoms with Gasteiger partial charge in [0.25, 0.3) is 0 Å². The van der Waals surface area contributed by atoms with Crippen molar-refractivity contribution in [3.8, 4) is 0 Å². The van der Waals surface area contributed by atoms with E-state index in [1.54, 1.807) is 18.4 Å². The number of aromatic nitrogens is 2. The molecular formula is C15H17ClN2O2S. The molecule has 0 amide bonds. The zero-order valence-corrected chi connectivity index (χ0v) is 13.5. The van der Waals surface area contributed by atoms with Gasteiger partial charge in [-0.2, -0.15) is 0 Å². The van der Waals surface area contributed by atoms with Gasteiger partial charge in [0, 0.05) is 38.0 Å². The van der Waals surface area contributed by atoms with Gasteiger partial charge in [-0.3, -0.25) is 0 Å². The van der Waals surface area contributed by atoms with Crippen LogP contribution >= 0.6 is 22.9 Å². The minimum Gasteiger partial charge on any atom is -0.381 e. The Morgan fingerprint density at radius 1 is 1.24 bits per heavy atom. The first-order valence-corrected chi connectivity index (χ1v) is 8.54. The van der Waals surface area contributed by atoms with Crippen LogP contribution in [0.3, 0.4) is 0 Å². The van der Waals surface area contributed by atoms with Gasteiger partial charge in [0.1, 0.15) is 15.6 Å². The number of fused-ring (bicyclic) bond motifs is 3. The average Bonchev–Trinajstić information content (AvgIpc) is 3.08. The molecule has 0 spiro atoms. The number of halogens is 1. The molecule has 4 rings (SSSR count). The molecule has 0 saturated carbocycles. The summed E-state index contributed by atoms with van der Waals surface area (Å²) in [4.78, 5) is 11.8. The van der Waals surface area contributed by atoms with Crippen molar-refractivity contribution in [3.05, 3.63) is 21.4 Å². The molecule has 1 aliphatic heterocycles. The maximum Gasteiger partial charge on any atom is 0.163 e. The Bertz CT molecular complexity index is 695. The van der Waals surface area contributed by atoms with Crippen LogP contribution in [0.15, 0.2) is 0 Å². The van der Waals surface area contributed by atoms with Gasteiger partial charge in [-0.05, 0) is 24.8 Å². The van der Waals surface area contributed by atoms with Crippen LogP contribution < -0.4 is 0 Å². The zero-order valence-electron chi connectivity index (χ0n) is 11.9. The second kappa shape index (κ2) is 5.16. The van der Waals surface area contributed by atoms with Crippen molar-refractivity contribution in [1.82, 2.24) is 9.97 Å². The predicted octanol–water partition coefficient (Wildman–Crippen LogP) is 3.49. The Morgan fingerprint density at radius 3 is 2.81 bits per heavy atom. The fraction of sp³-hybridized carbons (Fsp3) is 0.600. The first-order chi connectivity index (χ1) is 10.2. The number of hydrogen-bond donors (Lipinski definition) is 0. The lowest BCUT2D eigenvalue weighted by Gasteiger charge is -2.34. The van der Waals surface area contributed by atoms with Crippen molar-refractivity contribution in [2.75, 3.05) is 20.3 Å². The van der Waals surface area contributed by atoms with Gasteiger partial charge in [-0.15, -0.1) is 11.3 Å². The van der Waals surface area contributed by atoms with Gasteiger partial charge in [-0.1, -0.05) is 11.6 Å². The van der Waals surface area contributed by atoms with E-state index in [1.807, 2.05) is 0 Å². The minimum absolute atomic E-state index is 0.454. The number of hydrogen-bond acceptors (Lipinski definition) is 5. The third-order valence-electron chi connectivity index (χ3n) is 4.62. The fourth-order valence-corrected chi connectivity index (χ4v) is 4.98. The topological polar surface area (TPSA) is 44.2 Å². The third-order valence-corrected chi connectivity index (χ3v) is 6.08. The van der Waals surface area contributed by atoms with E-state index in [0.29, 0.717) is 24.2 Å². The fourth-order valence-electron chi connectivity index (χ4n) is 3.38. The number of thiophene rings is 1. The summed E-state index contributed by atoms with van der Waals surface area (Å²) in [6, 6.07) is 0. The molecular weight excluding hydrogens is 308 g/mol. The van der Waals surface area contributed by atoms with Gasteiger partial charge in [0.2, 0.25) is 0 Å². The summed E-state index contributed by atoms with van der Waals surface area (Å²) in [6.45, 7) is 1.35. The van der Waals surface area contributed by atoms with E-state index in [1.165, 1.54) is 16.9 Å². The molecule has 2 aliphatic rings. The summed E-state index contributed by atoms with van der Waals surface area (Å²) in [5.74, 6) is 0.714. The van der Waals surface area contributed by atoms with Crippen LogP contribution in [0.5, 0.6) is 0 Å². The molecule has 0 bridgehead atoms. The first kappa shape index (κ1) is 13.9. The maximum atomic E-state index is 6.49. The van der Waals surface area contributed by atoms with Gasteiger partial charge >= 0.3 is 0 Å². The van der Waals surface area contributed by atoms with Gasteiger partial charge in [0.05, 0.1) is 5.39 Å². The Balaban J connectivity index is 1.86. The highest BCUT2D eigenvalue weighted by Gasteiger charge is 2.38. The highest BCUT2D eigenvalue weighted by Crippen LogP contribution is 2.41. The molecule has 1 aliphatic carbocycles. The molecule has 2 aromatic heterocycles. The Kier molecular flexibility index (Phi) is 3.41. The van der Waals surface area contributed by atoms with E-state index in [2.05, 4.69) is 4.98 Å². The van der Waals surface area contributed by atoms with Crippen LogP contribution in [-0.2, 0) is 27.9 Å². The van der Waals surface area contributed by atoms with Crippen LogP contribution in [-0.4, -0.2) is 30.3 Å². The van der Waals surface area contributed by atoms with Gasteiger partial charge < -0.3 is 9.47 Å². The normalized spacial score (nSPS) is 20.9. The zero-order chi connectivity index (χ0) is 14.4. The molecule has 3 heterocycles. The second-order valence-electron chi connectivity index (χ2n) is 5.69. The summed E-state index contributed by atoms with van der Waals surface area (Å²) in [6.07, 6.45) is 5.01. The molecule has 112 valence electrons. The molecule has 0 aromatic carbocycles. The minimum atomic E-state index is -0.454. The lowest BCUT2D eigenvalue weighted by atomic mass is 9.93. The van der Waals surface area contributed by atoms with E-state index in [4.69, 9.17) is 26.1 Å². The smallest absolute Gasteiger partial charge is 0.163 e. The van der Waals surface area contributed by atoms with Crippen molar-refractivity contribution in [2.45, 2.75) is 37.7 Å². The molecule has 2 aromatic rings. The lowest BCUT2D eigenvalue weighted by Crippen LogP contribution is -2.37. The Hall–Kier alpha value is -0.750. The molecule has 0 radical (unpaired) electrons. The summed E-state index contributed by atoms with van der Waals surface area (Å²) >= 11 is 8.26. The van der Waals surface area contributed by atoms with Crippen molar-refractivity contribution < 1.29 is 9.47 Å². The second-order valence-corrected chi connectivity index (χ2v) is 7.13. The highest BCUT2D eigenvalue weighted by molar-refractivity contribution is 7.19. The Morgan fingerprint density at radius 2 is 2.05 bits per heavy atom. The number of methoxy groups -OCH3 is 1. The van der Waals surface area contributed by atoms with E-state index in [-0.39, 0.29) is 0 Å². The van der Waals surface area contributed by atoms with Gasteiger partial charge in [0.15, 0.2) is 5.82 Å². The van der Waals surface area contributed by atoms with Crippen molar-refractivity contribution in [2.24, 2.45) is 0 Å². The molecule has 0 unspecified atom stereocenters. The molecule has 0 N–H and O–H groups in total. The number of nitrogens with zero attached hydrogens (tertiary/aromatic N) is 2. The number of aryl methyl sites for hydroxylation is 2. The standard InChI is InChI=1S/C15H17ClN2O2S/c1-19-15(5-7-20-8-6-15)14-17-12(16)11-9-3-2-4-10(9)21-13(11)18-14/h2-8H2,1H3. The van der Waals surface area contributed by atoms with Crippen LogP contribution in [0.25, 0.3) is 10.2 Å². The van der Waals surface area contributed by atoms with Gasteiger partial charge in [-0.25, -0.2) is 9.97 Å². The van der Waals surface area contributed by atoms with Crippen molar-refractivity contribution >= 4 is 33.2 Å². The molecule has 1 saturated heterocycles. The van der Waals surface area contributed by atoms with E-state index >= 15 is 0 Å². The summed E-state index contributed by atoms with van der Waals surface area (Å²) < 4.78 is 11.2. The largest absolute Gasteiger partial charge is 0.381 e. The van der Waals surface area contributed by atoms with E-state index in [9.17, 15) is 0 Å². The quantitative estimate of drug-likeness (QED) is 0.793. The summed E-state index contributed by atoms with van der Waals surface area (Å²) in [5, 5.41) is 1.65. The van der Waals surface area contributed by atoms with E-state index < -0.39 is 5.60 Å². The highest BCUT2D eigenvalue weighted by atomic mass is 35.5. The van der Waals surface area contributed by atoms with Crippen molar-refractivity contribution in [3.63, 3.8) is 0 Å². The lowest BCUT2D eigenvalue weighted by molar-refractivity contribution is -0.0997. The van der Waals surface area contributed by atoms with Crippen molar-refractivity contribution in [1.29, 1.82) is 0 Å². The Labute approximate surface area is 132 Å². The summed E-state index contributed by atoms with van der Waals surface area (Å²) in [7, 11) is 1.72. The maximum absolute atomic E-state index is 6.49. The van der Waals surface area contributed by atoms with Crippen LogP contribution in [0.1, 0.15) is 35.5 Å². The molecule has 1 fully saturated rings. The van der Waals surface area contributed by atoms with E-state index in [0.717, 1.165) is 35.9 Å². The predicted molar refractivity (Wildman–Crippen MR) is 83.2 cm³/mol. The molecule has 0 atom stereocenters. The van der Waals surface area contributed by atoms with Crippen LogP contribution in [0, 0.1) is 0 Å². The summed E-state index contributed by atoms with van der Waals surface area (Å²) in [5.41, 5.74) is 0.912. The molecule has 6 heteroatoms. The molecule has 4 nitrogen and oxygen atoms in total. The first-order valence-electron chi connectivity index (χ1n) is 7.35. The number of rotatable bonds is 2. The number of ether oxygens (including phenoxy) is 2.